The van der Waals surface area contributed by atoms with Gasteiger partial charge < -0.3 is 10.0 Å². The molecule has 0 spiro atoms. The number of nitrogens with zero attached hydrogens (tertiary/aromatic N) is 2. The molecule has 1 aromatic heterocycles. The largest absolute Gasteiger partial charge is 0.375 e. The summed E-state index contributed by atoms with van der Waals surface area (Å²) < 4.78 is 0.740. The molecule has 6 heteroatoms. The molecule has 1 aliphatic heterocycles. The Kier molecular flexibility index (Phi) is 5.30. The summed E-state index contributed by atoms with van der Waals surface area (Å²) in [5.74, 6) is -0.775. The molecule has 2 heterocycles. The average Bonchev–Trinajstić information content (AvgIpc) is 2.94. The first-order chi connectivity index (χ1) is 14.0. The second-order valence-corrected chi connectivity index (χ2v) is 7.97. The molecule has 29 heavy (non-hydrogen) atoms. The predicted molar refractivity (Wildman–Crippen MR) is 114 cm³/mol. The number of benzene rings is 2. The molecule has 0 unspecified atom stereocenters. The van der Waals surface area contributed by atoms with Gasteiger partial charge in [0.25, 0.3) is 5.91 Å². The summed E-state index contributed by atoms with van der Waals surface area (Å²) >= 11 is 3.41. The van der Waals surface area contributed by atoms with Gasteiger partial charge in [-0.25, -0.2) is 0 Å². The van der Waals surface area contributed by atoms with E-state index in [1.807, 2.05) is 36.4 Å². The van der Waals surface area contributed by atoms with Crippen LogP contribution in [-0.4, -0.2) is 28.3 Å². The molecule has 1 atom stereocenters. The number of ketones is 1. The van der Waals surface area contributed by atoms with Crippen LogP contribution in [0.15, 0.2) is 77.5 Å². The molecule has 2 aromatic carbocycles. The minimum atomic E-state index is -1.89. The highest BCUT2D eigenvalue weighted by Gasteiger charge is 2.50. The van der Waals surface area contributed by atoms with Crippen molar-refractivity contribution in [3.63, 3.8) is 0 Å². The van der Waals surface area contributed by atoms with E-state index < -0.39 is 11.5 Å². The van der Waals surface area contributed by atoms with E-state index in [-0.39, 0.29) is 12.2 Å². The molecule has 0 bridgehead atoms. The highest BCUT2D eigenvalue weighted by Crippen LogP contribution is 2.44. The van der Waals surface area contributed by atoms with E-state index in [0.717, 1.165) is 10.0 Å². The van der Waals surface area contributed by atoms with Gasteiger partial charge in [0.2, 0.25) is 0 Å². The molecule has 0 radical (unpaired) electrons. The first-order valence-corrected chi connectivity index (χ1v) is 10.1. The van der Waals surface area contributed by atoms with Crippen molar-refractivity contribution in [2.45, 2.75) is 18.4 Å². The number of hydrogen-bond acceptors (Lipinski definition) is 4. The smallest absolute Gasteiger partial charge is 0.264 e. The number of rotatable bonds is 6. The van der Waals surface area contributed by atoms with E-state index in [1.165, 1.54) is 12.4 Å². The topological polar surface area (TPSA) is 70.5 Å². The van der Waals surface area contributed by atoms with Crippen LogP contribution in [0.3, 0.4) is 0 Å². The van der Waals surface area contributed by atoms with Crippen LogP contribution >= 0.6 is 15.9 Å². The molecule has 1 N–H and O–H groups in total. The number of Topliss-reactive ketones (excluding diaryl/α,β-unsaturated/α-hetero) is 1. The van der Waals surface area contributed by atoms with Crippen molar-refractivity contribution in [2.75, 3.05) is 11.4 Å². The maximum atomic E-state index is 13.3. The van der Waals surface area contributed by atoms with Crippen molar-refractivity contribution in [1.82, 2.24) is 4.98 Å². The SMILES string of the molecule is O=C(C[C@]1(O)C(=O)N(CCc2ccccc2)c2ccc(Br)cc21)c1ccncc1. The number of amides is 1. The van der Waals surface area contributed by atoms with Gasteiger partial charge in [-0.05, 0) is 42.3 Å². The van der Waals surface area contributed by atoms with Gasteiger partial charge >= 0.3 is 0 Å². The Morgan fingerprint density at radius 1 is 1.07 bits per heavy atom. The molecule has 5 nitrogen and oxygen atoms in total. The zero-order valence-corrected chi connectivity index (χ0v) is 17.2. The summed E-state index contributed by atoms with van der Waals surface area (Å²) in [5, 5.41) is 11.4. The van der Waals surface area contributed by atoms with E-state index in [4.69, 9.17) is 0 Å². The molecule has 4 rings (SSSR count). The Balaban J connectivity index is 1.65. The van der Waals surface area contributed by atoms with Gasteiger partial charge in [0.1, 0.15) is 0 Å². The molecule has 0 saturated heterocycles. The summed E-state index contributed by atoms with van der Waals surface area (Å²) in [7, 11) is 0. The minimum Gasteiger partial charge on any atom is -0.375 e. The number of pyridine rings is 1. The summed E-state index contributed by atoms with van der Waals surface area (Å²) in [5.41, 5.74) is 0.713. The third-order valence-corrected chi connectivity index (χ3v) is 5.67. The second-order valence-electron chi connectivity index (χ2n) is 7.05. The lowest BCUT2D eigenvalue weighted by atomic mass is 9.88. The molecular formula is C23H19BrN2O3. The minimum absolute atomic E-state index is 0.306. The first-order valence-electron chi connectivity index (χ1n) is 9.30. The van der Waals surface area contributed by atoms with Crippen LogP contribution in [0.1, 0.15) is 27.9 Å². The molecule has 0 aliphatic carbocycles. The van der Waals surface area contributed by atoms with E-state index in [0.29, 0.717) is 29.8 Å². The zero-order chi connectivity index (χ0) is 20.4. The summed E-state index contributed by atoms with van der Waals surface area (Å²) in [4.78, 5) is 31.5. The summed E-state index contributed by atoms with van der Waals surface area (Å²) in [6.45, 7) is 0.420. The van der Waals surface area contributed by atoms with E-state index >= 15 is 0 Å². The van der Waals surface area contributed by atoms with Crippen molar-refractivity contribution in [3.8, 4) is 0 Å². The van der Waals surface area contributed by atoms with Crippen LogP contribution in [0.2, 0.25) is 0 Å². The van der Waals surface area contributed by atoms with Crippen LogP contribution in [-0.2, 0) is 16.8 Å². The van der Waals surface area contributed by atoms with Gasteiger partial charge in [-0.1, -0.05) is 46.3 Å². The molecule has 146 valence electrons. The van der Waals surface area contributed by atoms with Gasteiger partial charge in [0.15, 0.2) is 11.4 Å². The molecule has 0 saturated carbocycles. The fourth-order valence-electron chi connectivity index (χ4n) is 3.67. The number of aliphatic hydroxyl groups is 1. The highest BCUT2D eigenvalue weighted by atomic mass is 79.9. The van der Waals surface area contributed by atoms with Crippen molar-refractivity contribution in [1.29, 1.82) is 0 Å². The first kappa shape index (κ1) is 19.5. The number of halogens is 1. The number of carbonyl (C=O) groups excluding carboxylic acids is 2. The molecule has 1 aliphatic rings. The van der Waals surface area contributed by atoms with E-state index in [2.05, 4.69) is 20.9 Å². The Morgan fingerprint density at radius 3 is 2.52 bits per heavy atom. The predicted octanol–water partition coefficient (Wildman–Crippen LogP) is 3.89. The van der Waals surface area contributed by atoms with Crippen molar-refractivity contribution >= 4 is 33.3 Å². The standard InChI is InChI=1S/C23H19BrN2O3/c24-18-6-7-20-19(14-18)23(29,15-21(27)17-8-11-25-12-9-17)22(28)26(20)13-10-16-4-2-1-3-5-16/h1-9,11-12,14,29H,10,13,15H2/t23-/m1/s1. The Labute approximate surface area is 177 Å². The van der Waals surface area contributed by atoms with Gasteiger partial charge in [-0.3, -0.25) is 14.6 Å². The lowest BCUT2D eigenvalue weighted by molar-refractivity contribution is -0.135. The average molecular weight is 451 g/mol. The van der Waals surface area contributed by atoms with E-state index in [9.17, 15) is 14.7 Å². The monoisotopic (exact) mass is 450 g/mol. The van der Waals surface area contributed by atoms with Gasteiger partial charge in [-0.15, -0.1) is 0 Å². The molecule has 3 aromatic rings. The Hall–Kier alpha value is -2.83. The zero-order valence-electron chi connectivity index (χ0n) is 15.6. The molecule has 1 amide bonds. The number of carbonyl (C=O) groups is 2. The maximum absolute atomic E-state index is 13.3. The Bertz CT molecular complexity index is 1060. The van der Waals surface area contributed by atoms with Crippen LogP contribution in [0, 0.1) is 0 Å². The van der Waals surface area contributed by atoms with Crippen LogP contribution < -0.4 is 4.90 Å². The maximum Gasteiger partial charge on any atom is 0.264 e. The fraction of sp³-hybridized carbons (Fsp3) is 0.174. The second kappa shape index (κ2) is 7.89. The van der Waals surface area contributed by atoms with Crippen molar-refractivity contribution in [3.05, 3.63) is 94.2 Å². The lowest BCUT2D eigenvalue weighted by Crippen LogP contribution is -2.42. The summed E-state index contributed by atoms with van der Waals surface area (Å²) in [6, 6.07) is 18.4. The number of aromatic nitrogens is 1. The number of anilines is 1. The van der Waals surface area contributed by atoms with Gasteiger partial charge in [0, 0.05) is 34.5 Å². The highest BCUT2D eigenvalue weighted by molar-refractivity contribution is 9.10. The fourth-order valence-corrected chi connectivity index (χ4v) is 4.03. The molecule has 0 fully saturated rings. The quantitative estimate of drug-likeness (QED) is 0.578. The van der Waals surface area contributed by atoms with Crippen LogP contribution in [0.5, 0.6) is 0 Å². The molecular weight excluding hydrogens is 432 g/mol. The van der Waals surface area contributed by atoms with Crippen LogP contribution in [0.4, 0.5) is 5.69 Å². The summed E-state index contributed by atoms with van der Waals surface area (Å²) in [6.07, 6.45) is 3.37. The van der Waals surface area contributed by atoms with Gasteiger partial charge in [-0.2, -0.15) is 0 Å². The lowest BCUT2D eigenvalue weighted by Gasteiger charge is -2.23. The van der Waals surface area contributed by atoms with Crippen molar-refractivity contribution in [2.24, 2.45) is 0 Å². The van der Waals surface area contributed by atoms with Crippen LogP contribution in [0.25, 0.3) is 0 Å². The normalized spacial score (nSPS) is 18.0. The number of fused-ring (bicyclic) bond motifs is 1. The Morgan fingerprint density at radius 2 is 1.79 bits per heavy atom. The number of hydrogen-bond donors (Lipinski definition) is 1. The third kappa shape index (κ3) is 3.73. The third-order valence-electron chi connectivity index (χ3n) is 5.18. The van der Waals surface area contributed by atoms with Gasteiger partial charge in [0.05, 0.1) is 12.1 Å². The van der Waals surface area contributed by atoms with Crippen molar-refractivity contribution < 1.29 is 14.7 Å². The van der Waals surface area contributed by atoms with E-state index in [1.54, 1.807) is 29.2 Å².